The molecule has 26 heavy (non-hydrogen) atoms. The van der Waals surface area contributed by atoms with Gasteiger partial charge in [0.15, 0.2) is 22.6 Å². The fourth-order valence-corrected chi connectivity index (χ4v) is 2.98. The maximum absolute atomic E-state index is 6.32. The number of hydrogen-bond donors (Lipinski definition) is 2. The van der Waals surface area contributed by atoms with Crippen LogP contribution in [0.2, 0.25) is 5.15 Å². The molecule has 8 heteroatoms. The number of para-hydroxylation sites is 2. The number of imidazole rings is 1. The van der Waals surface area contributed by atoms with E-state index >= 15 is 0 Å². The second-order valence-corrected chi connectivity index (χ2v) is 6.80. The minimum atomic E-state index is 0.258. The number of benzene rings is 1. The van der Waals surface area contributed by atoms with Crippen molar-refractivity contribution in [1.82, 2.24) is 19.5 Å². The number of nitrogens with two attached hydrogens (primary N) is 1. The normalized spacial score (nSPS) is 11.4. The summed E-state index contributed by atoms with van der Waals surface area (Å²) in [5.41, 5.74) is 8.61. The molecule has 3 rings (SSSR count). The largest absolute Gasteiger partial charge is 0.383 e. The van der Waals surface area contributed by atoms with Gasteiger partial charge in [0.2, 0.25) is 0 Å². The molecule has 3 aromatic rings. The summed E-state index contributed by atoms with van der Waals surface area (Å²) in [6.45, 7) is 6.20. The molecule has 0 radical (unpaired) electrons. The van der Waals surface area contributed by atoms with Gasteiger partial charge >= 0.3 is 0 Å². The van der Waals surface area contributed by atoms with Gasteiger partial charge in [0, 0.05) is 20.2 Å². The molecule has 0 amide bonds. The highest BCUT2D eigenvalue weighted by molar-refractivity contribution is 6.31. The molecule has 2 aromatic heterocycles. The van der Waals surface area contributed by atoms with Crippen molar-refractivity contribution in [3.05, 3.63) is 29.4 Å². The Bertz CT molecular complexity index is 908. The van der Waals surface area contributed by atoms with Gasteiger partial charge in [-0.3, -0.25) is 0 Å². The van der Waals surface area contributed by atoms with E-state index in [1.807, 2.05) is 24.3 Å². The van der Waals surface area contributed by atoms with Crippen molar-refractivity contribution in [2.24, 2.45) is 5.92 Å². The average Bonchev–Trinajstić information content (AvgIpc) is 2.96. The Morgan fingerprint density at radius 3 is 2.73 bits per heavy atom. The highest BCUT2D eigenvalue weighted by Gasteiger charge is 2.19. The van der Waals surface area contributed by atoms with Crippen molar-refractivity contribution >= 4 is 34.3 Å². The van der Waals surface area contributed by atoms with E-state index in [0.717, 1.165) is 17.6 Å². The van der Waals surface area contributed by atoms with Gasteiger partial charge in [-0.1, -0.05) is 37.6 Å². The lowest BCUT2D eigenvalue weighted by molar-refractivity contribution is 0.210. The van der Waals surface area contributed by atoms with Crippen LogP contribution in [0.1, 0.15) is 13.8 Å². The number of nitrogens with zero attached hydrogens (tertiary/aromatic N) is 4. The number of fused-ring (bicyclic) bond motifs is 1. The summed E-state index contributed by atoms with van der Waals surface area (Å²) in [6, 6.07) is 7.97. The molecular formula is C18H23ClN6O. The monoisotopic (exact) mass is 374 g/mol. The summed E-state index contributed by atoms with van der Waals surface area (Å²) >= 11 is 6.32. The van der Waals surface area contributed by atoms with E-state index in [2.05, 4.69) is 33.7 Å². The van der Waals surface area contributed by atoms with Gasteiger partial charge in [0.25, 0.3) is 0 Å². The molecule has 0 saturated heterocycles. The van der Waals surface area contributed by atoms with Crippen LogP contribution in [0.15, 0.2) is 24.3 Å². The fraction of sp³-hybridized carbons (Fsp3) is 0.389. The Morgan fingerprint density at radius 1 is 1.23 bits per heavy atom. The summed E-state index contributed by atoms with van der Waals surface area (Å²) in [7, 11) is 1.63. The second kappa shape index (κ2) is 7.88. The molecule has 1 aromatic carbocycles. The van der Waals surface area contributed by atoms with Crippen LogP contribution in [0, 0.1) is 5.92 Å². The molecule has 3 N–H and O–H groups in total. The zero-order valence-corrected chi connectivity index (χ0v) is 15.9. The van der Waals surface area contributed by atoms with Gasteiger partial charge in [-0.05, 0) is 18.1 Å². The number of methoxy groups -OCH3 is 1. The zero-order chi connectivity index (χ0) is 18.7. The molecule has 138 valence electrons. The quantitative estimate of drug-likeness (QED) is 0.615. The Balaban J connectivity index is 2.07. The van der Waals surface area contributed by atoms with Crippen molar-refractivity contribution < 1.29 is 4.74 Å². The van der Waals surface area contributed by atoms with Crippen LogP contribution in [0.3, 0.4) is 0 Å². The highest BCUT2D eigenvalue weighted by Crippen LogP contribution is 2.30. The van der Waals surface area contributed by atoms with Crippen LogP contribution >= 0.6 is 11.6 Å². The van der Waals surface area contributed by atoms with Crippen LogP contribution in [0.4, 0.5) is 11.6 Å². The number of halogens is 1. The lowest BCUT2D eigenvalue weighted by Crippen LogP contribution is -2.13. The van der Waals surface area contributed by atoms with Crippen LogP contribution in [0.5, 0.6) is 0 Å². The molecule has 2 heterocycles. The van der Waals surface area contributed by atoms with Gasteiger partial charge in [-0.15, -0.1) is 0 Å². The number of anilines is 2. The Kier molecular flexibility index (Phi) is 5.58. The maximum atomic E-state index is 6.32. The summed E-state index contributed by atoms with van der Waals surface area (Å²) < 4.78 is 7.13. The third-order valence-corrected chi connectivity index (χ3v) is 4.16. The summed E-state index contributed by atoms with van der Waals surface area (Å²) in [5.74, 6) is 1.84. The molecule has 0 bridgehead atoms. The second-order valence-electron chi connectivity index (χ2n) is 6.45. The number of nitrogens with one attached hydrogen (secondary N) is 1. The SMILES string of the molecule is COCCNc1nc(N)c(-c2nc3ccccc3n2CC(C)C)nc1Cl. The molecule has 0 atom stereocenters. The van der Waals surface area contributed by atoms with Crippen molar-refractivity contribution in [1.29, 1.82) is 0 Å². The maximum Gasteiger partial charge on any atom is 0.172 e. The van der Waals surface area contributed by atoms with Gasteiger partial charge in [-0.25, -0.2) is 15.0 Å². The Labute approximate surface area is 157 Å². The van der Waals surface area contributed by atoms with Gasteiger partial charge < -0.3 is 20.4 Å². The Hall–Kier alpha value is -2.38. The van der Waals surface area contributed by atoms with Gasteiger partial charge in [0.05, 0.1) is 17.6 Å². The first-order valence-corrected chi connectivity index (χ1v) is 8.90. The van der Waals surface area contributed by atoms with E-state index in [1.165, 1.54) is 0 Å². The van der Waals surface area contributed by atoms with E-state index in [1.54, 1.807) is 7.11 Å². The van der Waals surface area contributed by atoms with Gasteiger partial charge in [-0.2, -0.15) is 0 Å². The fourth-order valence-electron chi connectivity index (χ4n) is 2.78. The topological polar surface area (TPSA) is 90.9 Å². The first-order chi connectivity index (χ1) is 12.5. The zero-order valence-electron chi connectivity index (χ0n) is 15.2. The summed E-state index contributed by atoms with van der Waals surface area (Å²) in [6.07, 6.45) is 0. The summed E-state index contributed by atoms with van der Waals surface area (Å²) in [4.78, 5) is 13.6. The third kappa shape index (κ3) is 3.73. The number of nitrogen functional groups attached to an aromatic ring is 1. The molecule has 7 nitrogen and oxygen atoms in total. The first kappa shape index (κ1) is 18.4. The van der Waals surface area contributed by atoms with Crippen LogP contribution in [-0.2, 0) is 11.3 Å². The smallest absolute Gasteiger partial charge is 0.172 e. The minimum Gasteiger partial charge on any atom is -0.383 e. The number of ether oxygens (including phenoxy) is 1. The van der Waals surface area contributed by atoms with Crippen molar-refractivity contribution in [3.8, 4) is 11.5 Å². The van der Waals surface area contributed by atoms with Crippen molar-refractivity contribution in [2.75, 3.05) is 31.3 Å². The summed E-state index contributed by atoms with van der Waals surface area (Å²) in [5, 5.41) is 3.33. The molecule has 0 aliphatic heterocycles. The number of hydrogen-bond acceptors (Lipinski definition) is 6. The molecule has 0 saturated carbocycles. The van der Waals surface area contributed by atoms with Crippen molar-refractivity contribution in [2.45, 2.75) is 20.4 Å². The number of aromatic nitrogens is 4. The van der Waals surface area contributed by atoms with E-state index in [0.29, 0.717) is 36.4 Å². The minimum absolute atomic E-state index is 0.258. The molecular weight excluding hydrogens is 352 g/mol. The predicted molar refractivity (Wildman–Crippen MR) is 105 cm³/mol. The standard InChI is InChI=1S/C18H23ClN6O/c1-11(2)10-25-13-7-5-4-6-12(13)22-18(25)14-16(20)24-17(15(19)23-14)21-8-9-26-3/h4-7,11H,8-10H2,1-3H3,(H3,20,21,24). The van der Waals surface area contributed by atoms with Crippen molar-refractivity contribution in [3.63, 3.8) is 0 Å². The lowest BCUT2D eigenvalue weighted by atomic mass is 10.2. The molecule has 0 fully saturated rings. The van der Waals surface area contributed by atoms with Crippen LogP contribution in [0.25, 0.3) is 22.6 Å². The van der Waals surface area contributed by atoms with E-state index < -0.39 is 0 Å². The predicted octanol–water partition coefficient (Wildman–Crippen LogP) is 3.44. The molecule has 0 aliphatic carbocycles. The third-order valence-electron chi connectivity index (χ3n) is 3.89. The van der Waals surface area contributed by atoms with E-state index in [9.17, 15) is 0 Å². The van der Waals surface area contributed by atoms with Crippen LogP contribution < -0.4 is 11.1 Å². The first-order valence-electron chi connectivity index (χ1n) is 8.52. The number of rotatable bonds is 7. The molecule has 0 spiro atoms. The Morgan fingerprint density at radius 2 is 2.00 bits per heavy atom. The highest BCUT2D eigenvalue weighted by atomic mass is 35.5. The van der Waals surface area contributed by atoms with Crippen LogP contribution in [-0.4, -0.2) is 39.8 Å². The van der Waals surface area contributed by atoms with E-state index in [-0.39, 0.29) is 11.0 Å². The molecule has 0 aliphatic rings. The van der Waals surface area contributed by atoms with E-state index in [4.69, 9.17) is 27.1 Å². The lowest BCUT2D eigenvalue weighted by Gasteiger charge is -2.14. The average molecular weight is 375 g/mol. The van der Waals surface area contributed by atoms with Gasteiger partial charge in [0.1, 0.15) is 5.69 Å². The molecule has 0 unspecified atom stereocenters.